The van der Waals surface area contributed by atoms with E-state index in [4.69, 9.17) is 10.2 Å². The Bertz CT molecular complexity index is 149. The SMILES string of the molecule is CC(=CC(C)CO)C(=O)O. The Balaban J connectivity index is 4.02. The first-order chi connectivity index (χ1) is 4.57. The van der Waals surface area contributed by atoms with E-state index in [0.29, 0.717) is 0 Å². The van der Waals surface area contributed by atoms with E-state index in [0.717, 1.165) is 0 Å². The average molecular weight is 144 g/mol. The fourth-order valence-electron chi connectivity index (χ4n) is 0.551. The summed E-state index contributed by atoms with van der Waals surface area (Å²) < 4.78 is 0. The lowest BCUT2D eigenvalue weighted by atomic mass is 10.1. The molecule has 58 valence electrons. The van der Waals surface area contributed by atoms with E-state index in [1.54, 1.807) is 6.92 Å². The Morgan fingerprint density at radius 1 is 1.70 bits per heavy atom. The molecule has 3 heteroatoms. The van der Waals surface area contributed by atoms with Crippen molar-refractivity contribution < 1.29 is 15.0 Å². The number of hydrogen-bond acceptors (Lipinski definition) is 2. The predicted molar refractivity (Wildman–Crippen MR) is 37.6 cm³/mol. The van der Waals surface area contributed by atoms with Crippen molar-refractivity contribution in [3.8, 4) is 0 Å². The summed E-state index contributed by atoms with van der Waals surface area (Å²) in [6.45, 7) is 3.26. The first kappa shape index (κ1) is 9.17. The van der Waals surface area contributed by atoms with Crippen molar-refractivity contribution in [1.82, 2.24) is 0 Å². The topological polar surface area (TPSA) is 57.5 Å². The summed E-state index contributed by atoms with van der Waals surface area (Å²) in [5, 5.41) is 16.9. The number of carboxylic acid groups (broad SMARTS) is 1. The lowest BCUT2D eigenvalue weighted by Gasteiger charge is -1.99. The van der Waals surface area contributed by atoms with E-state index < -0.39 is 5.97 Å². The Morgan fingerprint density at radius 3 is 2.50 bits per heavy atom. The summed E-state index contributed by atoms with van der Waals surface area (Å²) in [5.74, 6) is -1.00. The van der Waals surface area contributed by atoms with Gasteiger partial charge in [-0.2, -0.15) is 0 Å². The number of aliphatic hydroxyl groups is 1. The molecule has 0 aromatic carbocycles. The zero-order chi connectivity index (χ0) is 8.15. The van der Waals surface area contributed by atoms with Crippen LogP contribution in [0, 0.1) is 5.92 Å². The Kier molecular flexibility index (Phi) is 3.72. The molecule has 0 heterocycles. The fraction of sp³-hybridized carbons (Fsp3) is 0.571. The molecule has 3 nitrogen and oxygen atoms in total. The Hall–Kier alpha value is -0.830. The smallest absolute Gasteiger partial charge is 0.330 e. The molecule has 1 atom stereocenters. The van der Waals surface area contributed by atoms with Crippen molar-refractivity contribution >= 4 is 5.97 Å². The van der Waals surface area contributed by atoms with E-state index in [1.165, 1.54) is 13.0 Å². The van der Waals surface area contributed by atoms with Crippen LogP contribution in [0.5, 0.6) is 0 Å². The van der Waals surface area contributed by atoms with Gasteiger partial charge in [-0.1, -0.05) is 13.0 Å². The van der Waals surface area contributed by atoms with Gasteiger partial charge < -0.3 is 10.2 Å². The van der Waals surface area contributed by atoms with Crippen molar-refractivity contribution in [1.29, 1.82) is 0 Å². The van der Waals surface area contributed by atoms with Crippen molar-refractivity contribution in [2.75, 3.05) is 6.61 Å². The number of aliphatic hydroxyl groups excluding tert-OH is 1. The van der Waals surface area contributed by atoms with E-state index in [-0.39, 0.29) is 18.1 Å². The van der Waals surface area contributed by atoms with Gasteiger partial charge in [-0.3, -0.25) is 0 Å². The molecule has 0 aromatic rings. The van der Waals surface area contributed by atoms with Crippen molar-refractivity contribution in [3.63, 3.8) is 0 Å². The van der Waals surface area contributed by atoms with Crippen LogP contribution >= 0.6 is 0 Å². The van der Waals surface area contributed by atoms with E-state index in [2.05, 4.69) is 0 Å². The van der Waals surface area contributed by atoms with Gasteiger partial charge in [0.2, 0.25) is 0 Å². The highest BCUT2D eigenvalue weighted by Gasteiger charge is 2.01. The minimum atomic E-state index is -0.930. The molecule has 10 heavy (non-hydrogen) atoms. The van der Waals surface area contributed by atoms with Gasteiger partial charge in [-0.25, -0.2) is 4.79 Å². The third-order valence-corrected chi connectivity index (χ3v) is 1.16. The second-order valence-corrected chi connectivity index (χ2v) is 2.31. The van der Waals surface area contributed by atoms with Crippen LogP contribution in [0.4, 0.5) is 0 Å². The molecule has 2 N–H and O–H groups in total. The summed E-state index contributed by atoms with van der Waals surface area (Å²) >= 11 is 0. The fourth-order valence-corrected chi connectivity index (χ4v) is 0.551. The normalized spacial score (nSPS) is 14.9. The lowest BCUT2D eigenvalue weighted by Crippen LogP contribution is -2.02. The van der Waals surface area contributed by atoms with Gasteiger partial charge in [-0.15, -0.1) is 0 Å². The van der Waals surface area contributed by atoms with E-state index in [9.17, 15) is 4.79 Å². The van der Waals surface area contributed by atoms with Crippen molar-refractivity contribution in [2.24, 2.45) is 5.92 Å². The Labute approximate surface area is 60.0 Å². The number of carboxylic acids is 1. The molecule has 0 saturated heterocycles. The zero-order valence-corrected chi connectivity index (χ0v) is 6.16. The molecule has 0 amide bonds. The van der Waals surface area contributed by atoms with Crippen LogP contribution in [0.1, 0.15) is 13.8 Å². The highest BCUT2D eigenvalue weighted by molar-refractivity contribution is 5.85. The minimum absolute atomic E-state index is 0.00931. The maximum absolute atomic E-state index is 10.2. The molecule has 0 radical (unpaired) electrons. The predicted octanol–water partition coefficient (Wildman–Crippen LogP) is 0.646. The number of rotatable bonds is 3. The standard InChI is InChI=1S/C7H12O3/c1-5(4-8)3-6(2)7(9)10/h3,5,8H,4H2,1-2H3,(H,9,10). The molecular weight excluding hydrogens is 132 g/mol. The van der Waals surface area contributed by atoms with Crippen LogP contribution in [-0.4, -0.2) is 22.8 Å². The maximum atomic E-state index is 10.2. The van der Waals surface area contributed by atoms with Crippen molar-refractivity contribution in [3.05, 3.63) is 11.6 Å². The van der Waals surface area contributed by atoms with Gasteiger partial charge in [-0.05, 0) is 12.8 Å². The van der Waals surface area contributed by atoms with Gasteiger partial charge >= 0.3 is 5.97 Å². The minimum Gasteiger partial charge on any atom is -0.478 e. The molecule has 0 bridgehead atoms. The van der Waals surface area contributed by atoms with Crippen LogP contribution in [0.25, 0.3) is 0 Å². The molecule has 0 saturated carbocycles. The third-order valence-electron chi connectivity index (χ3n) is 1.16. The second-order valence-electron chi connectivity index (χ2n) is 2.31. The summed E-state index contributed by atoms with van der Waals surface area (Å²) in [6, 6.07) is 0. The largest absolute Gasteiger partial charge is 0.478 e. The molecule has 0 aliphatic heterocycles. The molecule has 0 rings (SSSR count). The summed E-state index contributed by atoms with van der Waals surface area (Å²) in [5.41, 5.74) is 0.279. The van der Waals surface area contributed by atoms with Gasteiger partial charge in [0.1, 0.15) is 0 Å². The van der Waals surface area contributed by atoms with Gasteiger partial charge in [0.15, 0.2) is 0 Å². The summed E-state index contributed by atoms with van der Waals surface area (Å²) in [6.07, 6.45) is 1.53. The number of aliphatic carboxylic acids is 1. The van der Waals surface area contributed by atoms with Gasteiger partial charge in [0.05, 0.1) is 0 Å². The molecule has 0 aliphatic carbocycles. The molecule has 0 fully saturated rings. The first-order valence-corrected chi connectivity index (χ1v) is 3.10. The van der Waals surface area contributed by atoms with Crippen LogP contribution in [-0.2, 0) is 4.79 Å². The summed E-state index contributed by atoms with van der Waals surface area (Å²) in [7, 11) is 0. The highest BCUT2D eigenvalue weighted by Crippen LogP contribution is 2.01. The van der Waals surface area contributed by atoms with Crippen LogP contribution in [0.15, 0.2) is 11.6 Å². The van der Waals surface area contributed by atoms with Gasteiger partial charge in [0, 0.05) is 12.2 Å². The number of carbonyl (C=O) groups is 1. The molecule has 0 aromatic heterocycles. The average Bonchev–Trinajstić information content (AvgIpc) is 1.87. The van der Waals surface area contributed by atoms with E-state index >= 15 is 0 Å². The maximum Gasteiger partial charge on any atom is 0.330 e. The van der Waals surface area contributed by atoms with Crippen molar-refractivity contribution in [2.45, 2.75) is 13.8 Å². The first-order valence-electron chi connectivity index (χ1n) is 3.10. The second kappa shape index (κ2) is 4.06. The zero-order valence-electron chi connectivity index (χ0n) is 6.16. The van der Waals surface area contributed by atoms with E-state index in [1.807, 2.05) is 0 Å². The third kappa shape index (κ3) is 3.25. The molecule has 1 unspecified atom stereocenters. The van der Waals surface area contributed by atoms with Crippen LogP contribution in [0.3, 0.4) is 0 Å². The lowest BCUT2D eigenvalue weighted by molar-refractivity contribution is -0.132. The highest BCUT2D eigenvalue weighted by atomic mass is 16.4. The quantitative estimate of drug-likeness (QED) is 0.571. The van der Waals surface area contributed by atoms with Crippen LogP contribution < -0.4 is 0 Å². The Morgan fingerprint density at radius 2 is 2.20 bits per heavy atom. The van der Waals surface area contributed by atoms with Crippen LogP contribution in [0.2, 0.25) is 0 Å². The molecule has 0 spiro atoms. The summed E-state index contributed by atoms with van der Waals surface area (Å²) in [4.78, 5) is 10.2. The number of hydrogen-bond donors (Lipinski definition) is 2. The van der Waals surface area contributed by atoms with Gasteiger partial charge in [0.25, 0.3) is 0 Å². The molecular formula is C7H12O3. The monoisotopic (exact) mass is 144 g/mol. The molecule has 0 aliphatic rings.